The maximum Gasteiger partial charge on any atom is 0.320 e. The summed E-state index contributed by atoms with van der Waals surface area (Å²) in [5.74, 6) is -0.337. The Morgan fingerprint density at radius 1 is 1.23 bits per heavy atom. The Kier molecular flexibility index (Phi) is 6.21. The second kappa shape index (κ2) is 9.19. The summed E-state index contributed by atoms with van der Waals surface area (Å²) in [4.78, 5) is 23.8. The van der Waals surface area contributed by atoms with Crippen molar-refractivity contribution in [3.63, 3.8) is 0 Å². The highest BCUT2D eigenvalue weighted by Crippen LogP contribution is 2.36. The summed E-state index contributed by atoms with van der Waals surface area (Å²) in [5.41, 5.74) is 8.37. The fourth-order valence-electron chi connectivity index (χ4n) is 6.09. The molecule has 5 rings (SSSR count). The zero-order chi connectivity index (χ0) is 24.9. The number of allylic oxidation sites excluding steroid dienone is 1. The zero-order valence-corrected chi connectivity index (χ0v) is 21.3. The molecule has 1 aromatic carbocycles. The van der Waals surface area contributed by atoms with E-state index in [0.29, 0.717) is 5.92 Å². The fraction of sp³-hybridized carbons (Fsp3) is 0.500. The van der Waals surface area contributed by atoms with Crippen molar-refractivity contribution < 1.29 is 9.90 Å². The lowest BCUT2D eigenvalue weighted by Crippen LogP contribution is -2.46. The van der Waals surface area contributed by atoms with Crippen molar-refractivity contribution in [3.05, 3.63) is 58.6 Å². The Hall–Kier alpha value is -3.06. The summed E-state index contributed by atoms with van der Waals surface area (Å²) < 4.78 is 2.01. The molecule has 1 saturated heterocycles. The van der Waals surface area contributed by atoms with Gasteiger partial charge < -0.3 is 5.11 Å². The number of hydrogen-bond donors (Lipinski definition) is 1. The quantitative estimate of drug-likeness (QED) is 0.556. The minimum absolute atomic E-state index is 0.0445. The first-order valence-electron chi connectivity index (χ1n) is 12.7. The maximum absolute atomic E-state index is 11.7. The average molecular weight is 474 g/mol. The molecule has 2 aromatic heterocycles. The predicted octanol–water partition coefficient (Wildman–Crippen LogP) is 5.09. The smallest absolute Gasteiger partial charge is 0.320 e. The standard InChI is InChI=1S/C28H35N5O2/c1-16-8-10-22(17(2)13-16)20(5)33-27-26(19(4)31-33)29-15-23(30-27)21-9-11-24(18(3)14-21)32-12-6-7-25(32)28(34)35/h8-10,13,15,18,20,24-25H,6-7,11-12,14H2,1-5H3,(H,34,35). The van der Waals surface area contributed by atoms with Gasteiger partial charge in [0.1, 0.15) is 11.6 Å². The predicted molar refractivity (Wildman–Crippen MR) is 137 cm³/mol. The van der Waals surface area contributed by atoms with Crippen molar-refractivity contribution in [2.45, 2.75) is 78.4 Å². The number of carbonyl (C=O) groups is 1. The van der Waals surface area contributed by atoms with Crippen LogP contribution in [-0.2, 0) is 4.79 Å². The van der Waals surface area contributed by atoms with Gasteiger partial charge in [-0.1, -0.05) is 36.8 Å². The van der Waals surface area contributed by atoms with Gasteiger partial charge in [-0.2, -0.15) is 5.10 Å². The lowest BCUT2D eigenvalue weighted by molar-refractivity contribution is -0.143. The Morgan fingerprint density at radius 3 is 2.74 bits per heavy atom. The van der Waals surface area contributed by atoms with Crippen molar-refractivity contribution in [2.75, 3.05) is 6.54 Å². The molecule has 35 heavy (non-hydrogen) atoms. The number of likely N-dealkylation sites (tertiary alicyclic amines) is 1. The molecule has 3 heterocycles. The van der Waals surface area contributed by atoms with Crippen LogP contribution in [0.5, 0.6) is 0 Å². The van der Waals surface area contributed by atoms with E-state index in [1.54, 1.807) is 0 Å². The largest absolute Gasteiger partial charge is 0.480 e. The van der Waals surface area contributed by atoms with E-state index in [4.69, 9.17) is 15.1 Å². The summed E-state index contributed by atoms with van der Waals surface area (Å²) in [5, 5.41) is 14.5. The lowest BCUT2D eigenvalue weighted by atomic mass is 9.83. The number of carboxylic acid groups (broad SMARTS) is 1. The third-order valence-electron chi connectivity index (χ3n) is 7.95. The van der Waals surface area contributed by atoms with Crippen LogP contribution >= 0.6 is 0 Å². The van der Waals surface area contributed by atoms with E-state index in [1.165, 1.54) is 22.3 Å². The number of rotatable bonds is 5. The van der Waals surface area contributed by atoms with Crippen LogP contribution < -0.4 is 0 Å². The van der Waals surface area contributed by atoms with Gasteiger partial charge in [-0.25, -0.2) is 14.6 Å². The average Bonchev–Trinajstić information content (AvgIpc) is 3.43. The van der Waals surface area contributed by atoms with Crippen molar-refractivity contribution >= 4 is 22.7 Å². The summed E-state index contributed by atoms with van der Waals surface area (Å²) in [7, 11) is 0. The molecule has 1 N–H and O–H groups in total. The topological polar surface area (TPSA) is 84.1 Å². The molecule has 7 nitrogen and oxygen atoms in total. The number of nitrogens with zero attached hydrogens (tertiary/aromatic N) is 5. The molecule has 3 aromatic rings. The van der Waals surface area contributed by atoms with Crippen LogP contribution in [0, 0.1) is 26.7 Å². The summed E-state index contributed by atoms with van der Waals surface area (Å²) in [6.07, 6.45) is 7.54. The third-order valence-corrected chi connectivity index (χ3v) is 7.95. The molecule has 1 aliphatic carbocycles. The van der Waals surface area contributed by atoms with E-state index in [2.05, 4.69) is 56.9 Å². The first kappa shape index (κ1) is 23.7. The van der Waals surface area contributed by atoms with Gasteiger partial charge in [-0.15, -0.1) is 0 Å². The molecule has 0 amide bonds. The second-order valence-electron chi connectivity index (χ2n) is 10.4. The van der Waals surface area contributed by atoms with E-state index in [1.807, 2.05) is 17.8 Å². The minimum Gasteiger partial charge on any atom is -0.480 e. The Morgan fingerprint density at radius 2 is 2.03 bits per heavy atom. The molecule has 1 aliphatic heterocycles. The van der Waals surface area contributed by atoms with Crippen LogP contribution in [0.3, 0.4) is 0 Å². The van der Waals surface area contributed by atoms with Crippen LogP contribution in [0.1, 0.15) is 73.7 Å². The molecule has 2 aliphatic rings. The van der Waals surface area contributed by atoms with Gasteiger partial charge in [0, 0.05) is 6.04 Å². The van der Waals surface area contributed by atoms with E-state index < -0.39 is 5.97 Å². The molecule has 4 atom stereocenters. The van der Waals surface area contributed by atoms with Crippen LogP contribution in [0.4, 0.5) is 0 Å². The molecule has 7 heteroatoms. The summed E-state index contributed by atoms with van der Waals surface area (Å²) in [6, 6.07) is 6.50. The number of hydrogen-bond acceptors (Lipinski definition) is 5. The molecule has 0 saturated carbocycles. The SMILES string of the molecule is Cc1ccc(C(C)n2nc(C)c3ncc(C4=CCC(N5CCCC5C(=O)O)C(C)C4)nc32)c(C)c1. The lowest BCUT2D eigenvalue weighted by Gasteiger charge is -2.37. The van der Waals surface area contributed by atoms with E-state index >= 15 is 0 Å². The van der Waals surface area contributed by atoms with Crippen molar-refractivity contribution in [1.29, 1.82) is 0 Å². The van der Waals surface area contributed by atoms with E-state index in [0.717, 1.165) is 54.8 Å². The molecule has 184 valence electrons. The number of aliphatic carboxylic acids is 1. The van der Waals surface area contributed by atoms with Gasteiger partial charge in [0.05, 0.1) is 23.6 Å². The third kappa shape index (κ3) is 4.27. The molecule has 4 unspecified atom stereocenters. The first-order valence-corrected chi connectivity index (χ1v) is 12.7. The highest BCUT2D eigenvalue weighted by atomic mass is 16.4. The van der Waals surface area contributed by atoms with Gasteiger partial charge >= 0.3 is 5.97 Å². The second-order valence-corrected chi connectivity index (χ2v) is 10.4. The van der Waals surface area contributed by atoms with Crippen LogP contribution in [0.2, 0.25) is 0 Å². The first-order chi connectivity index (χ1) is 16.7. The maximum atomic E-state index is 11.7. The summed E-state index contributed by atoms with van der Waals surface area (Å²) in [6.45, 7) is 11.5. The molecular formula is C28H35N5O2. The van der Waals surface area contributed by atoms with Gasteiger partial charge in [0.2, 0.25) is 0 Å². The number of aromatic nitrogens is 4. The van der Waals surface area contributed by atoms with Crippen molar-refractivity contribution in [2.24, 2.45) is 5.92 Å². The molecular weight excluding hydrogens is 438 g/mol. The van der Waals surface area contributed by atoms with Gasteiger partial charge in [0.25, 0.3) is 0 Å². The Bertz CT molecular complexity index is 1310. The van der Waals surface area contributed by atoms with Crippen molar-refractivity contribution in [1.82, 2.24) is 24.6 Å². The van der Waals surface area contributed by atoms with Gasteiger partial charge in [-0.05, 0) is 82.5 Å². The summed E-state index contributed by atoms with van der Waals surface area (Å²) >= 11 is 0. The number of carboxylic acids is 1. The molecule has 0 bridgehead atoms. The molecule has 0 radical (unpaired) electrons. The van der Waals surface area contributed by atoms with E-state index in [9.17, 15) is 9.90 Å². The van der Waals surface area contributed by atoms with Crippen LogP contribution in [0.15, 0.2) is 30.5 Å². The monoisotopic (exact) mass is 473 g/mol. The number of fused-ring (bicyclic) bond motifs is 1. The zero-order valence-electron chi connectivity index (χ0n) is 21.3. The van der Waals surface area contributed by atoms with Crippen molar-refractivity contribution in [3.8, 4) is 0 Å². The Labute approximate surface area is 206 Å². The molecule has 0 spiro atoms. The van der Waals surface area contributed by atoms with E-state index in [-0.39, 0.29) is 18.1 Å². The highest BCUT2D eigenvalue weighted by molar-refractivity contribution is 5.77. The minimum atomic E-state index is -0.692. The number of benzene rings is 1. The Balaban J connectivity index is 1.46. The molecule has 1 fully saturated rings. The van der Waals surface area contributed by atoms with Gasteiger partial charge in [0.15, 0.2) is 5.65 Å². The van der Waals surface area contributed by atoms with Crippen LogP contribution in [-0.4, -0.2) is 54.4 Å². The van der Waals surface area contributed by atoms with Gasteiger partial charge in [-0.3, -0.25) is 9.69 Å². The highest BCUT2D eigenvalue weighted by Gasteiger charge is 2.38. The van der Waals surface area contributed by atoms with Crippen LogP contribution in [0.25, 0.3) is 16.7 Å². The number of aryl methyl sites for hydroxylation is 3. The normalized spacial score (nSPS) is 24.0. The fourth-order valence-corrected chi connectivity index (χ4v) is 6.09.